The number of aryl methyl sites for hydroxylation is 1. The van der Waals surface area contributed by atoms with E-state index in [2.05, 4.69) is 26.3 Å². The van der Waals surface area contributed by atoms with Gasteiger partial charge in [-0.25, -0.2) is 0 Å². The van der Waals surface area contributed by atoms with Gasteiger partial charge >= 0.3 is 0 Å². The minimum absolute atomic E-state index is 0.0191. The number of nitrogens with zero attached hydrogens (tertiary/aromatic N) is 2. The molecule has 144 valence electrons. The first kappa shape index (κ1) is 18.6. The van der Waals surface area contributed by atoms with Gasteiger partial charge in [-0.2, -0.15) is 5.10 Å². The Labute approximate surface area is 171 Å². The molecule has 0 aliphatic carbocycles. The van der Waals surface area contributed by atoms with Crippen molar-refractivity contribution >= 4 is 27.7 Å². The highest BCUT2D eigenvalue weighted by Gasteiger charge is 2.29. The number of anilines is 1. The summed E-state index contributed by atoms with van der Waals surface area (Å²) in [5.41, 5.74) is 3.05. The minimum Gasteiger partial charge on any atom is -0.493 e. The Bertz CT molecular complexity index is 1030. The van der Waals surface area contributed by atoms with Crippen LogP contribution in [0.3, 0.4) is 0 Å². The molecule has 2 aromatic carbocycles. The average molecular weight is 442 g/mol. The smallest absolute Gasteiger partial charge is 0.226 e. The molecule has 1 N–H and O–H groups in total. The van der Waals surface area contributed by atoms with Crippen LogP contribution < -0.4 is 14.8 Å². The maximum atomic E-state index is 12.2. The van der Waals surface area contributed by atoms with E-state index in [9.17, 15) is 4.79 Å². The van der Waals surface area contributed by atoms with Gasteiger partial charge in [-0.15, -0.1) is 0 Å². The van der Waals surface area contributed by atoms with E-state index in [-0.39, 0.29) is 11.8 Å². The van der Waals surface area contributed by atoms with Gasteiger partial charge in [-0.3, -0.25) is 9.48 Å². The summed E-state index contributed by atoms with van der Waals surface area (Å²) in [4.78, 5) is 12.2. The standard InChI is InChI=1S/C21H20BrN3O3/c1-25-21-16(11-23-25)15(10-20(26)24-21)13-7-8-18(19(9-13)27-2)28-12-14-5-3-4-6-17(14)22/h3-9,11,15H,10,12H2,1-2H3,(H,24,26). The average Bonchev–Trinajstić information content (AvgIpc) is 3.07. The predicted octanol–water partition coefficient (Wildman–Crippen LogP) is 4.24. The number of aromatic nitrogens is 2. The number of amides is 1. The van der Waals surface area contributed by atoms with Gasteiger partial charge in [0.1, 0.15) is 12.4 Å². The van der Waals surface area contributed by atoms with E-state index < -0.39 is 0 Å². The Morgan fingerprint density at radius 2 is 2.07 bits per heavy atom. The number of halogens is 1. The summed E-state index contributed by atoms with van der Waals surface area (Å²) >= 11 is 3.54. The predicted molar refractivity (Wildman–Crippen MR) is 110 cm³/mol. The third kappa shape index (κ3) is 3.49. The molecule has 1 unspecified atom stereocenters. The molecule has 1 aliphatic rings. The molecular formula is C21H20BrN3O3. The highest BCUT2D eigenvalue weighted by molar-refractivity contribution is 9.10. The fourth-order valence-electron chi connectivity index (χ4n) is 3.43. The van der Waals surface area contributed by atoms with Crippen molar-refractivity contribution < 1.29 is 14.3 Å². The molecule has 4 rings (SSSR count). The zero-order chi connectivity index (χ0) is 19.7. The van der Waals surface area contributed by atoms with Crippen molar-refractivity contribution in [1.29, 1.82) is 0 Å². The molecule has 0 fully saturated rings. The summed E-state index contributed by atoms with van der Waals surface area (Å²) in [5.74, 6) is 1.96. The van der Waals surface area contributed by atoms with E-state index in [1.165, 1.54) is 0 Å². The molecule has 1 atom stereocenters. The number of ether oxygens (including phenoxy) is 2. The first-order valence-corrected chi connectivity index (χ1v) is 9.72. The molecule has 0 radical (unpaired) electrons. The van der Waals surface area contributed by atoms with Gasteiger partial charge in [0.15, 0.2) is 11.5 Å². The summed E-state index contributed by atoms with van der Waals surface area (Å²) in [5, 5.41) is 7.17. The van der Waals surface area contributed by atoms with E-state index in [0.717, 1.165) is 27.0 Å². The van der Waals surface area contributed by atoms with Crippen molar-refractivity contribution in [3.8, 4) is 11.5 Å². The van der Waals surface area contributed by atoms with Gasteiger partial charge in [-0.1, -0.05) is 40.2 Å². The fourth-order valence-corrected chi connectivity index (χ4v) is 3.83. The van der Waals surface area contributed by atoms with Crippen molar-refractivity contribution in [2.75, 3.05) is 12.4 Å². The van der Waals surface area contributed by atoms with Crippen LogP contribution in [0.2, 0.25) is 0 Å². The van der Waals surface area contributed by atoms with Crippen molar-refractivity contribution in [1.82, 2.24) is 9.78 Å². The number of nitrogens with one attached hydrogen (secondary N) is 1. The van der Waals surface area contributed by atoms with Crippen LogP contribution in [0.4, 0.5) is 5.82 Å². The van der Waals surface area contributed by atoms with E-state index in [0.29, 0.717) is 24.5 Å². The SMILES string of the molecule is COc1cc(C2CC(=O)Nc3c2cnn3C)ccc1OCc1ccccc1Br. The van der Waals surface area contributed by atoms with E-state index >= 15 is 0 Å². The zero-order valence-electron chi connectivity index (χ0n) is 15.6. The van der Waals surface area contributed by atoms with E-state index in [1.807, 2.05) is 55.7 Å². The minimum atomic E-state index is -0.0660. The number of carbonyl (C=O) groups is 1. The van der Waals surface area contributed by atoms with Gasteiger partial charge in [-0.05, 0) is 23.8 Å². The first-order chi connectivity index (χ1) is 13.6. The normalized spacial score (nSPS) is 15.7. The number of benzene rings is 2. The molecular weight excluding hydrogens is 422 g/mol. The molecule has 0 spiro atoms. The largest absolute Gasteiger partial charge is 0.493 e. The number of methoxy groups -OCH3 is 1. The Balaban J connectivity index is 1.61. The second kappa shape index (κ2) is 7.67. The second-order valence-electron chi connectivity index (χ2n) is 6.67. The van der Waals surface area contributed by atoms with Gasteiger partial charge in [0.05, 0.1) is 13.3 Å². The van der Waals surface area contributed by atoms with Crippen LogP contribution in [0.15, 0.2) is 53.1 Å². The van der Waals surface area contributed by atoms with Crippen molar-refractivity contribution in [3.05, 3.63) is 69.8 Å². The van der Waals surface area contributed by atoms with Crippen molar-refractivity contribution in [3.63, 3.8) is 0 Å². The quantitative estimate of drug-likeness (QED) is 0.642. The van der Waals surface area contributed by atoms with Crippen LogP contribution in [0.5, 0.6) is 11.5 Å². The van der Waals surface area contributed by atoms with Crippen molar-refractivity contribution in [2.45, 2.75) is 18.9 Å². The lowest BCUT2D eigenvalue weighted by molar-refractivity contribution is -0.116. The number of rotatable bonds is 5. The molecule has 7 heteroatoms. The highest BCUT2D eigenvalue weighted by atomic mass is 79.9. The molecule has 28 heavy (non-hydrogen) atoms. The molecule has 6 nitrogen and oxygen atoms in total. The lowest BCUT2D eigenvalue weighted by Gasteiger charge is -2.24. The van der Waals surface area contributed by atoms with E-state index in [1.54, 1.807) is 11.8 Å². The summed E-state index contributed by atoms with van der Waals surface area (Å²) < 4.78 is 14.2. The van der Waals surface area contributed by atoms with Crippen molar-refractivity contribution in [2.24, 2.45) is 7.05 Å². The number of hydrogen-bond acceptors (Lipinski definition) is 4. The lowest BCUT2D eigenvalue weighted by Crippen LogP contribution is -2.24. The Morgan fingerprint density at radius 1 is 1.25 bits per heavy atom. The number of hydrogen-bond donors (Lipinski definition) is 1. The Morgan fingerprint density at radius 3 is 2.86 bits per heavy atom. The molecule has 1 aromatic heterocycles. The van der Waals surface area contributed by atoms with Crippen LogP contribution in [-0.2, 0) is 18.4 Å². The molecule has 1 aliphatic heterocycles. The molecule has 3 aromatic rings. The van der Waals surface area contributed by atoms with Crippen LogP contribution in [0, 0.1) is 0 Å². The van der Waals surface area contributed by atoms with Crippen LogP contribution in [0.1, 0.15) is 29.0 Å². The first-order valence-electron chi connectivity index (χ1n) is 8.92. The highest BCUT2D eigenvalue weighted by Crippen LogP contribution is 2.40. The summed E-state index contributed by atoms with van der Waals surface area (Å²) in [6.45, 7) is 0.426. The van der Waals surface area contributed by atoms with Crippen LogP contribution in [0.25, 0.3) is 0 Å². The van der Waals surface area contributed by atoms with Gasteiger partial charge in [0.2, 0.25) is 5.91 Å². The summed E-state index contributed by atoms with van der Waals surface area (Å²) in [6, 6.07) is 13.8. The molecule has 2 heterocycles. The third-order valence-electron chi connectivity index (χ3n) is 4.92. The second-order valence-corrected chi connectivity index (χ2v) is 7.52. The van der Waals surface area contributed by atoms with Gasteiger partial charge in [0, 0.05) is 35.0 Å². The van der Waals surface area contributed by atoms with Gasteiger partial charge in [0.25, 0.3) is 0 Å². The van der Waals surface area contributed by atoms with Crippen LogP contribution >= 0.6 is 15.9 Å². The molecule has 0 saturated heterocycles. The fraction of sp³-hybridized carbons (Fsp3) is 0.238. The maximum absolute atomic E-state index is 12.2. The molecule has 0 bridgehead atoms. The molecule has 0 saturated carbocycles. The molecule has 1 amide bonds. The monoisotopic (exact) mass is 441 g/mol. The zero-order valence-corrected chi connectivity index (χ0v) is 17.2. The van der Waals surface area contributed by atoms with Gasteiger partial charge < -0.3 is 14.8 Å². The van der Waals surface area contributed by atoms with Crippen LogP contribution in [-0.4, -0.2) is 22.8 Å². The summed E-state index contributed by atoms with van der Waals surface area (Å²) in [6.07, 6.45) is 2.18. The Hall–Kier alpha value is -2.80. The third-order valence-corrected chi connectivity index (χ3v) is 5.69. The topological polar surface area (TPSA) is 65.4 Å². The Kier molecular flexibility index (Phi) is 5.09. The number of fused-ring (bicyclic) bond motifs is 1. The summed E-state index contributed by atoms with van der Waals surface area (Å²) in [7, 11) is 3.44. The lowest BCUT2D eigenvalue weighted by atomic mass is 9.87. The van der Waals surface area contributed by atoms with E-state index in [4.69, 9.17) is 9.47 Å². The maximum Gasteiger partial charge on any atom is 0.226 e. The number of carbonyl (C=O) groups excluding carboxylic acids is 1.